The molecule has 2 unspecified atom stereocenters. The van der Waals surface area contributed by atoms with Crippen LogP contribution >= 0.6 is 0 Å². The van der Waals surface area contributed by atoms with Crippen LogP contribution in [0.2, 0.25) is 0 Å². The summed E-state index contributed by atoms with van der Waals surface area (Å²) < 4.78 is 34.3. The van der Waals surface area contributed by atoms with Gasteiger partial charge >= 0.3 is 51.4 Å². The van der Waals surface area contributed by atoms with Gasteiger partial charge < -0.3 is 9.66 Å². The zero-order valence-corrected chi connectivity index (χ0v) is 22.2. The van der Waals surface area contributed by atoms with Crippen molar-refractivity contribution in [2.24, 2.45) is 0 Å². The first-order valence-corrected chi connectivity index (χ1v) is 12.5. The maximum atomic E-state index is 11.4. The van der Waals surface area contributed by atoms with E-state index in [1.807, 2.05) is 0 Å². The molecule has 0 radical (unpaired) electrons. The summed E-state index contributed by atoms with van der Waals surface area (Å²) in [4.78, 5) is 0. The zero-order valence-electron chi connectivity index (χ0n) is 18.3. The summed E-state index contributed by atoms with van der Waals surface area (Å²) in [6, 6.07) is 0. The van der Waals surface area contributed by atoms with E-state index in [-0.39, 0.29) is 57.5 Å². The van der Waals surface area contributed by atoms with E-state index in [1.54, 1.807) is 0 Å². The molecule has 0 rings (SSSR count). The Kier molecular flexibility index (Phi) is 23.6. The second kappa shape index (κ2) is 20.8. The van der Waals surface area contributed by atoms with Gasteiger partial charge in [0, 0.05) is 5.25 Å². The molecule has 0 amide bonds. The normalized spacial score (nSPS) is 13.9. The first kappa shape index (κ1) is 30.7. The third kappa shape index (κ3) is 20.6. The topological polar surface area (TPSA) is 77.4 Å². The second-order valence-electron chi connectivity index (χ2n) is 7.81. The quantitative estimate of drug-likeness (QED) is 0.194. The van der Waals surface area contributed by atoms with Crippen molar-refractivity contribution in [3.05, 3.63) is 0 Å². The first-order chi connectivity index (χ1) is 12.4. The molecule has 6 heteroatoms. The molecule has 1 N–H and O–H groups in total. The van der Waals surface area contributed by atoms with Crippen molar-refractivity contribution in [1.82, 2.24) is 0 Å². The maximum Gasteiger partial charge on any atom is 1.00 e. The van der Waals surface area contributed by atoms with Crippen LogP contribution in [0.3, 0.4) is 0 Å². The maximum absolute atomic E-state index is 11.4. The SMILES string of the molecule is CCCCCCCCC(CCCCCCCCC(O)CCC)S(=O)(=O)[O-].[K+]. The summed E-state index contributed by atoms with van der Waals surface area (Å²) in [7, 11) is -4.16. The Morgan fingerprint density at radius 2 is 1.07 bits per heavy atom. The Balaban J connectivity index is 0. The van der Waals surface area contributed by atoms with Crippen LogP contribution in [0.5, 0.6) is 0 Å². The minimum atomic E-state index is -4.16. The summed E-state index contributed by atoms with van der Waals surface area (Å²) in [5, 5.41) is 8.99. The molecule has 0 aromatic rings. The fourth-order valence-corrected chi connectivity index (χ4v) is 4.43. The average molecular weight is 431 g/mol. The van der Waals surface area contributed by atoms with Crippen molar-refractivity contribution < 1.29 is 69.5 Å². The number of aliphatic hydroxyl groups is 1. The standard InChI is InChI=1S/C21H44O4S.K/c1-3-5-6-7-11-14-18-21(26(23,24)25)19-15-12-9-8-10-13-17-20(22)16-4-2;/h20-22H,3-19H2,1-2H3,(H,23,24,25);/q;+1/p-1. The predicted octanol–water partition coefficient (Wildman–Crippen LogP) is 2.94. The monoisotopic (exact) mass is 430 g/mol. The molecule has 0 bridgehead atoms. The zero-order chi connectivity index (χ0) is 19.7. The Morgan fingerprint density at radius 1 is 0.667 bits per heavy atom. The Morgan fingerprint density at radius 3 is 1.48 bits per heavy atom. The van der Waals surface area contributed by atoms with Crippen molar-refractivity contribution in [2.75, 3.05) is 0 Å². The van der Waals surface area contributed by atoms with Crippen molar-refractivity contribution in [2.45, 2.75) is 134 Å². The van der Waals surface area contributed by atoms with Gasteiger partial charge in [-0.2, -0.15) is 0 Å². The van der Waals surface area contributed by atoms with Gasteiger partial charge in [0.15, 0.2) is 0 Å². The molecular weight excluding hydrogens is 387 g/mol. The Bertz CT molecular complexity index is 401. The predicted molar refractivity (Wildman–Crippen MR) is 109 cm³/mol. The number of unbranched alkanes of at least 4 members (excludes halogenated alkanes) is 10. The molecule has 0 heterocycles. The van der Waals surface area contributed by atoms with E-state index in [9.17, 15) is 18.1 Å². The molecule has 2 atom stereocenters. The van der Waals surface area contributed by atoms with E-state index in [0.29, 0.717) is 12.8 Å². The minimum Gasteiger partial charge on any atom is -0.748 e. The molecule has 0 spiro atoms. The van der Waals surface area contributed by atoms with Crippen LogP contribution in [0.4, 0.5) is 0 Å². The molecule has 0 aliphatic heterocycles. The molecule has 0 aromatic heterocycles. The van der Waals surface area contributed by atoms with Crippen LogP contribution in [0.1, 0.15) is 123 Å². The molecule has 0 aliphatic carbocycles. The number of rotatable bonds is 19. The van der Waals surface area contributed by atoms with Gasteiger partial charge in [-0.15, -0.1) is 0 Å². The van der Waals surface area contributed by atoms with Gasteiger partial charge in [0.05, 0.1) is 16.2 Å². The Labute approximate surface area is 211 Å². The molecule has 0 aromatic carbocycles. The third-order valence-electron chi connectivity index (χ3n) is 5.22. The van der Waals surface area contributed by atoms with E-state index in [2.05, 4.69) is 13.8 Å². The summed E-state index contributed by atoms with van der Waals surface area (Å²) in [5.41, 5.74) is 0. The van der Waals surface area contributed by atoms with Gasteiger partial charge in [-0.1, -0.05) is 97.3 Å². The van der Waals surface area contributed by atoms with Crippen LogP contribution in [0.15, 0.2) is 0 Å². The third-order valence-corrected chi connectivity index (χ3v) is 6.51. The van der Waals surface area contributed by atoms with Crippen molar-refractivity contribution >= 4 is 10.1 Å². The van der Waals surface area contributed by atoms with Gasteiger partial charge in [0.25, 0.3) is 0 Å². The van der Waals surface area contributed by atoms with E-state index in [1.165, 1.54) is 19.3 Å². The first-order valence-electron chi connectivity index (χ1n) is 11.0. The smallest absolute Gasteiger partial charge is 0.748 e. The molecule has 0 fully saturated rings. The molecular formula is C21H43KO4S. The fraction of sp³-hybridized carbons (Fsp3) is 1.00. The van der Waals surface area contributed by atoms with Crippen LogP contribution in [-0.2, 0) is 10.1 Å². The minimum absolute atomic E-state index is 0. The molecule has 0 saturated heterocycles. The summed E-state index contributed by atoms with van der Waals surface area (Å²) in [5.74, 6) is 0. The molecule has 158 valence electrons. The fourth-order valence-electron chi connectivity index (χ4n) is 3.52. The molecule has 0 aliphatic rings. The summed E-state index contributed by atoms with van der Waals surface area (Å²) >= 11 is 0. The molecule has 4 nitrogen and oxygen atoms in total. The van der Waals surface area contributed by atoms with Gasteiger partial charge in [-0.3, -0.25) is 0 Å². The largest absolute Gasteiger partial charge is 1.00 e. The van der Waals surface area contributed by atoms with Crippen molar-refractivity contribution in [1.29, 1.82) is 0 Å². The second-order valence-corrected chi connectivity index (χ2v) is 9.46. The van der Waals surface area contributed by atoms with Gasteiger partial charge in [0.2, 0.25) is 0 Å². The number of hydrogen-bond donors (Lipinski definition) is 1. The van der Waals surface area contributed by atoms with Crippen molar-refractivity contribution in [3.8, 4) is 0 Å². The summed E-state index contributed by atoms with van der Waals surface area (Å²) in [6.07, 6.45) is 16.7. The van der Waals surface area contributed by atoms with E-state index in [4.69, 9.17) is 0 Å². The number of aliphatic hydroxyl groups excluding tert-OH is 1. The van der Waals surface area contributed by atoms with E-state index in [0.717, 1.165) is 77.0 Å². The van der Waals surface area contributed by atoms with Crippen molar-refractivity contribution in [3.63, 3.8) is 0 Å². The van der Waals surface area contributed by atoms with E-state index < -0.39 is 15.4 Å². The molecule has 27 heavy (non-hydrogen) atoms. The van der Waals surface area contributed by atoms with Crippen LogP contribution in [0.25, 0.3) is 0 Å². The van der Waals surface area contributed by atoms with E-state index >= 15 is 0 Å². The van der Waals surface area contributed by atoms with Gasteiger partial charge in [-0.25, -0.2) is 8.42 Å². The van der Waals surface area contributed by atoms with Gasteiger partial charge in [-0.05, 0) is 25.7 Å². The molecule has 0 saturated carbocycles. The van der Waals surface area contributed by atoms with Crippen LogP contribution in [0, 0.1) is 0 Å². The van der Waals surface area contributed by atoms with Crippen LogP contribution in [-0.4, -0.2) is 29.4 Å². The van der Waals surface area contributed by atoms with Gasteiger partial charge in [0.1, 0.15) is 0 Å². The van der Waals surface area contributed by atoms with Crippen LogP contribution < -0.4 is 51.4 Å². The average Bonchev–Trinajstić information content (AvgIpc) is 2.57. The summed E-state index contributed by atoms with van der Waals surface area (Å²) in [6.45, 7) is 4.26. The Hall–Kier alpha value is 1.51. The number of hydrogen-bond acceptors (Lipinski definition) is 4.